The summed E-state index contributed by atoms with van der Waals surface area (Å²) in [5, 5.41) is 15.8. The maximum Gasteiger partial charge on any atom is 0.307 e. The minimum Gasteiger partial charge on any atom is -0.481 e. The van der Waals surface area contributed by atoms with E-state index >= 15 is 0 Å². The van der Waals surface area contributed by atoms with Gasteiger partial charge in [-0.25, -0.2) is 4.68 Å². The number of nitrogens with zero attached hydrogens (tertiary/aromatic N) is 2. The first-order valence-corrected chi connectivity index (χ1v) is 6.29. The Bertz CT molecular complexity index is 651. The number of hydrogen-bond acceptors (Lipinski definition) is 3. The van der Waals surface area contributed by atoms with Crippen LogP contribution in [0.3, 0.4) is 0 Å². The molecule has 1 aliphatic rings. The van der Waals surface area contributed by atoms with Gasteiger partial charge in [-0.3, -0.25) is 9.59 Å². The Kier molecular flexibility index (Phi) is 2.98. The zero-order valence-electron chi connectivity index (χ0n) is 10.6. The van der Waals surface area contributed by atoms with Gasteiger partial charge in [0.2, 0.25) is 5.91 Å². The Morgan fingerprint density at radius 2 is 2.05 bits per heavy atom. The molecule has 3 rings (SSSR count). The number of benzene rings is 1. The molecule has 6 heteroatoms. The minimum absolute atomic E-state index is 0.253. The van der Waals surface area contributed by atoms with Crippen LogP contribution in [0.1, 0.15) is 6.42 Å². The van der Waals surface area contributed by atoms with E-state index in [9.17, 15) is 9.59 Å². The number of carboxylic acid groups (broad SMARTS) is 1. The molecule has 1 heterocycles. The third kappa shape index (κ3) is 2.27. The smallest absolute Gasteiger partial charge is 0.307 e. The van der Waals surface area contributed by atoms with Crippen LogP contribution in [-0.2, 0) is 9.59 Å². The summed E-state index contributed by atoms with van der Waals surface area (Å²) in [6.45, 7) is 0. The van der Waals surface area contributed by atoms with E-state index in [1.165, 1.54) is 0 Å². The van der Waals surface area contributed by atoms with Crippen molar-refractivity contribution in [2.45, 2.75) is 6.42 Å². The normalized spacial score (nSPS) is 20.4. The molecule has 0 aliphatic heterocycles. The minimum atomic E-state index is -0.912. The van der Waals surface area contributed by atoms with Gasteiger partial charge in [-0.05, 0) is 24.6 Å². The summed E-state index contributed by atoms with van der Waals surface area (Å²) >= 11 is 0. The Morgan fingerprint density at radius 3 is 2.70 bits per heavy atom. The fourth-order valence-electron chi connectivity index (χ4n) is 2.17. The summed E-state index contributed by atoms with van der Waals surface area (Å²) in [7, 11) is 0. The topological polar surface area (TPSA) is 84.2 Å². The standard InChI is InChI=1S/C14H13N3O3/c18-13(9-8-10(9)14(19)20)16-11-4-1-2-5-12(11)17-7-3-6-15-17/h1-7,9-10H,8H2,(H,16,18)(H,19,20)/t9-,10+/m1/s1. The molecular weight excluding hydrogens is 258 g/mol. The van der Waals surface area contributed by atoms with Gasteiger partial charge in [-0.1, -0.05) is 12.1 Å². The first-order valence-electron chi connectivity index (χ1n) is 6.29. The predicted molar refractivity (Wildman–Crippen MR) is 71.4 cm³/mol. The number of carbonyl (C=O) groups is 2. The Hall–Kier alpha value is -2.63. The van der Waals surface area contributed by atoms with Crippen molar-refractivity contribution in [3.05, 3.63) is 42.7 Å². The zero-order valence-corrected chi connectivity index (χ0v) is 10.6. The number of carbonyl (C=O) groups excluding carboxylic acids is 1. The number of hydrogen-bond donors (Lipinski definition) is 2. The van der Waals surface area contributed by atoms with Gasteiger partial charge in [0, 0.05) is 12.4 Å². The molecule has 1 aromatic heterocycles. The van der Waals surface area contributed by atoms with E-state index in [0.717, 1.165) is 5.69 Å². The highest BCUT2D eigenvalue weighted by Crippen LogP contribution is 2.39. The van der Waals surface area contributed by atoms with Gasteiger partial charge in [-0.2, -0.15) is 5.10 Å². The van der Waals surface area contributed by atoms with Crippen molar-refractivity contribution in [2.24, 2.45) is 11.8 Å². The molecule has 0 spiro atoms. The van der Waals surface area contributed by atoms with Crippen molar-refractivity contribution in [2.75, 3.05) is 5.32 Å². The number of aromatic nitrogens is 2. The van der Waals surface area contributed by atoms with Crippen LogP contribution < -0.4 is 5.32 Å². The van der Waals surface area contributed by atoms with E-state index in [4.69, 9.17) is 5.11 Å². The summed E-state index contributed by atoms with van der Waals surface area (Å²) in [5.74, 6) is -2.15. The quantitative estimate of drug-likeness (QED) is 0.883. The van der Waals surface area contributed by atoms with Crippen LogP contribution in [0.4, 0.5) is 5.69 Å². The molecule has 1 amide bonds. The Labute approximate surface area is 115 Å². The van der Waals surface area contributed by atoms with Crippen LogP contribution in [0.2, 0.25) is 0 Å². The van der Waals surface area contributed by atoms with Gasteiger partial charge in [0.15, 0.2) is 0 Å². The highest BCUT2D eigenvalue weighted by atomic mass is 16.4. The fourth-order valence-corrected chi connectivity index (χ4v) is 2.17. The highest BCUT2D eigenvalue weighted by molar-refractivity contribution is 5.99. The van der Waals surface area contributed by atoms with Gasteiger partial charge < -0.3 is 10.4 Å². The van der Waals surface area contributed by atoms with Crippen molar-refractivity contribution < 1.29 is 14.7 Å². The number of carboxylic acids is 1. The van der Waals surface area contributed by atoms with E-state index in [-0.39, 0.29) is 5.91 Å². The lowest BCUT2D eigenvalue weighted by atomic mass is 10.2. The van der Waals surface area contributed by atoms with Gasteiger partial charge >= 0.3 is 5.97 Å². The molecule has 1 fully saturated rings. The number of anilines is 1. The SMILES string of the molecule is O=C(O)[C@H]1C[C@H]1C(=O)Nc1ccccc1-n1cccn1. The van der Waals surface area contributed by atoms with E-state index < -0.39 is 17.8 Å². The maximum absolute atomic E-state index is 12.0. The molecule has 2 atom stereocenters. The van der Waals surface area contributed by atoms with Crippen molar-refractivity contribution in [3.8, 4) is 5.69 Å². The molecule has 20 heavy (non-hydrogen) atoms. The van der Waals surface area contributed by atoms with Crippen molar-refractivity contribution in [3.63, 3.8) is 0 Å². The van der Waals surface area contributed by atoms with Crippen LogP contribution in [0.15, 0.2) is 42.7 Å². The van der Waals surface area contributed by atoms with Crippen molar-refractivity contribution >= 4 is 17.6 Å². The summed E-state index contributed by atoms with van der Waals surface area (Å²) in [5.41, 5.74) is 1.37. The first kappa shape index (κ1) is 12.4. The lowest BCUT2D eigenvalue weighted by Crippen LogP contribution is -2.18. The molecule has 1 aliphatic carbocycles. The largest absolute Gasteiger partial charge is 0.481 e. The molecular formula is C14H13N3O3. The molecule has 0 unspecified atom stereocenters. The van der Waals surface area contributed by atoms with E-state index in [0.29, 0.717) is 12.1 Å². The molecule has 1 saturated carbocycles. The average Bonchev–Trinajstić information content (AvgIpc) is 3.08. The van der Waals surface area contributed by atoms with Gasteiger partial charge in [0.05, 0.1) is 23.2 Å². The highest BCUT2D eigenvalue weighted by Gasteiger charge is 2.48. The summed E-state index contributed by atoms with van der Waals surface area (Å²) < 4.78 is 1.65. The lowest BCUT2D eigenvalue weighted by molar-refractivity contribution is -0.139. The molecule has 2 N–H and O–H groups in total. The second-order valence-corrected chi connectivity index (χ2v) is 4.74. The van der Waals surface area contributed by atoms with Crippen LogP contribution in [-0.4, -0.2) is 26.8 Å². The summed E-state index contributed by atoms with van der Waals surface area (Å²) in [6.07, 6.45) is 3.84. The third-order valence-electron chi connectivity index (χ3n) is 3.36. The molecule has 1 aromatic carbocycles. The monoisotopic (exact) mass is 271 g/mol. The molecule has 0 bridgehead atoms. The number of para-hydroxylation sites is 2. The van der Waals surface area contributed by atoms with E-state index in [1.807, 2.05) is 18.2 Å². The average molecular weight is 271 g/mol. The second kappa shape index (κ2) is 4.80. The van der Waals surface area contributed by atoms with Crippen LogP contribution in [0.5, 0.6) is 0 Å². The summed E-state index contributed by atoms with van der Waals surface area (Å²) in [6, 6.07) is 9.06. The second-order valence-electron chi connectivity index (χ2n) is 4.74. The van der Waals surface area contributed by atoms with E-state index in [1.54, 1.807) is 29.2 Å². The van der Waals surface area contributed by atoms with Crippen molar-refractivity contribution in [1.29, 1.82) is 0 Å². The lowest BCUT2D eigenvalue weighted by Gasteiger charge is -2.10. The Morgan fingerprint density at radius 1 is 1.25 bits per heavy atom. The van der Waals surface area contributed by atoms with Crippen LogP contribution in [0, 0.1) is 11.8 Å². The van der Waals surface area contributed by atoms with Gasteiger partial charge in [0.25, 0.3) is 0 Å². The van der Waals surface area contributed by atoms with Gasteiger partial charge in [0.1, 0.15) is 0 Å². The first-order chi connectivity index (χ1) is 9.66. The predicted octanol–water partition coefficient (Wildman–Crippen LogP) is 1.53. The number of rotatable bonds is 4. The fraction of sp³-hybridized carbons (Fsp3) is 0.214. The van der Waals surface area contributed by atoms with Crippen LogP contribution in [0.25, 0.3) is 5.69 Å². The third-order valence-corrected chi connectivity index (χ3v) is 3.36. The van der Waals surface area contributed by atoms with Gasteiger partial charge in [-0.15, -0.1) is 0 Å². The van der Waals surface area contributed by atoms with Crippen LogP contribution >= 0.6 is 0 Å². The number of aliphatic carboxylic acids is 1. The molecule has 6 nitrogen and oxygen atoms in total. The zero-order chi connectivity index (χ0) is 14.1. The summed E-state index contributed by atoms with van der Waals surface area (Å²) in [4.78, 5) is 22.8. The molecule has 0 saturated heterocycles. The number of amides is 1. The molecule has 2 aromatic rings. The number of nitrogens with one attached hydrogen (secondary N) is 1. The van der Waals surface area contributed by atoms with Crippen molar-refractivity contribution in [1.82, 2.24) is 9.78 Å². The Balaban J connectivity index is 1.79. The molecule has 0 radical (unpaired) electrons. The molecule has 102 valence electrons. The van der Waals surface area contributed by atoms with E-state index in [2.05, 4.69) is 10.4 Å². The maximum atomic E-state index is 12.0.